The molecule has 3 rings (SSSR count). The van der Waals surface area contributed by atoms with Crippen LogP contribution in [0, 0.1) is 5.92 Å². The van der Waals surface area contributed by atoms with Crippen LogP contribution in [0.25, 0.3) is 0 Å². The number of nitrogens with one attached hydrogen (secondary N) is 1. The molecule has 2 amide bonds. The molecule has 0 aliphatic carbocycles. The summed E-state index contributed by atoms with van der Waals surface area (Å²) in [6, 6.07) is 13.2. The average molecular weight is 394 g/mol. The molecule has 1 aliphatic rings. The van der Waals surface area contributed by atoms with Gasteiger partial charge in [-0.3, -0.25) is 9.59 Å². The topological polar surface area (TPSA) is 75.4 Å². The molecule has 140 valence electrons. The number of carbonyl (C=O) groups excluding carboxylic acids is 2. The highest BCUT2D eigenvalue weighted by Crippen LogP contribution is 2.32. The van der Waals surface area contributed by atoms with Gasteiger partial charge in [-0.25, -0.2) is 0 Å². The lowest BCUT2D eigenvalue weighted by molar-refractivity contribution is -0.131. The molecule has 0 bridgehead atoms. The number of hydrogen-bond donors (Lipinski definition) is 2. The largest absolute Gasteiger partial charge is 0.340 e. The maximum Gasteiger partial charge on any atom is 0.261 e. The Morgan fingerprint density at radius 2 is 1.96 bits per heavy atom. The maximum atomic E-state index is 12.8. The highest BCUT2D eigenvalue weighted by molar-refractivity contribution is 7.12. The monoisotopic (exact) mass is 393 g/mol. The second kappa shape index (κ2) is 9.16. The first-order valence-electron chi connectivity index (χ1n) is 8.48. The number of nitrogens with zero attached hydrogens (tertiary/aromatic N) is 1. The fourth-order valence-electron chi connectivity index (χ4n) is 3.38. The van der Waals surface area contributed by atoms with Crippen LogP contribution < -0.4 is 11.1 Å². The normalized spacial score (nSPS) is 20.3. The summed E-state index contributed by atoms with van der Waals surface area (Å²) >= 11 is 1.37. The van der Waals surface area contributed by atoms with Crippen LogP contribution >= 0.6 is 23.7 Å². The van der Waals surface area contributed by atoms with Gasteiger partial charge in [0.25, 0.3) is 5.91 Å². The zero-order valence-electron chi connectivity index (χ0n) is 14.6. The summed E-state index contributed by atoms with van der Waals surface area (Å²) in [5.41, 5.74) is 7.15. The van der Waals surface area contributed by atoms with E-state index in [1.54, 1.807) is 13.0 Å². The van der Waals surface area contributed by atoms with E-state index < -0.39 is 6.04 Å². The van der Waals surface area contributed by atoms with Crippen molar-refractivity contribution in [3.05, 3.63) is 58.3 Å². The average Bonchev–Trinajstić information content (AvgIpc) is 3.31. The summed E-state index contributed by atoms with van der Waals surface area (Å²) in [5, 5.41) is 4.64. The Morgan fingerprint density at radius 1 is 1.23 bits per heavy atom. The standard InChI is InChI=1S/C19H23N3O2S.ClH/c1-13(21-18(23)17-8-5-9-25-17)19(24)22-11-15(10-20)16(12-22)14-6-3-2-4-7-14;/h2-9,13,15-16H,10-12,20H2,1H3,(H,21,23);1H/t13?,15-,16+;/m1./s1. The van der Waals surface area contributed by atoms with E-state index in [1.165, 1.54) is 16.9 Å². The fraction of sp³-hybridized carbons (Fsp3) is 0.368. The highest BCUT2D eigenvalue weighted by Gasteiger charge is 2.36. The van der Waals surface area contributed by atoms with Gasteiger partial charge in [-0.15, -0.1) is 23.7 Å². The first-order valence-corrected chi connectivity index (χ1v) is 9.36. The van der Waals surface area contributed by atoms with Crippen LogP contribution in [0.15, 0.2) is 47.8 Å². The number of carbonyl (C=O) groups is 2. The SMILES string of the molecule is CC(NC(=O)c1cccs1)C(=O)N1C[C@@H](CN)[C@H](c2ccccc2)C1.Cl. The summed E-state index contributed by atoms with van der Waals surface area (Å²) in [5.74, 6) is 0.230. The third kappa shape index (κ3) is 4.44. The van der Waals surface area contributed by atoms with Crippen LogP contribution in [0.3, 0.4) is 0 Å². The lowest BCUT2D eigenvalue weighted by Crippen LogP contribution is -2.46. The second-order valence-electron chi connectivity index (χ2n) is 6.43. The van der Waals surface area contributed by atoms with Crippen LogP contribution in [-0.4, -0.2) is 42.4 Å². The minimum absolute atomic E-state index is 0. The molecule has 1 aliphatic heterocycles. The summed E-state index contributed by atoms with van der Waals surface area (Å²) in [6.07, 6.45) is 0. The molecule has 3 N–H and O–H groups in total. The Balaban J connectivity index is 0.00000243. The molecule has 3 atom stereocenters. The van der Waals surface area contributed by atoms with E-state index in [1.807, 2.05) is 34.5 Å². The van der Waals surface area contributed by atoms with Crippen molar-refractivity contribution in [2.45, 2.75) is 18.9 Å². The van der Waals surface area contributed by atoms with Gasteiger partial charge in [0.1, 0.15) is 6.04 Å². The first-order chi connectivity index (χ1) is 12.1. The molecule has 2 aromatic rings. The number of hydrogen-bond acceptors (Lipinski definition) is 4. The number of rotatable bonds is 5. The number of halogens is 1. The number of amides is 2. The van der Waals surface area contributed by atoms with Crippen molar-refractivity contribution in [3.63, 3.8) is 0 Å². The van der Waals surface area contributed by atoms with Crippen molar-refractivity contribution in [2.24, 2.45) is 11.7 Å². The van der Waals surface area contributed by atoms with E-state index in [9.17, 15) is 9.59 Å². The minimum atomic E-state index is -0.553. The second-order valence-corrected chi connectivity index (χ2v) is 7.38. The van der Waals surface area contributed by atoms with Gasteiger partial charge in [-0.1, -0.05) is 36.4 Å². The molecular weight excluding hydrogens is 370 g/mol. The van der Waals surface area contributed by atoms with E-state index in [4.69, 9.17) is 5.73 Å². The Morgan fingerprint density at radius 3 is 2.58 bits per heavy atom. The number of benzene rings is 1. The molecular formula is C19H24ClN3O2S. The van der Waals surface area contributed by atoms with Crippen molar-refractivity contribution in [1.82, 2.24) is 10.2 Å². The Kier molecular flexibility index (Phi) is 7.20. The predicted octanol–water partition coefficient (Wildman–Crippen LogP) is 2.49. The Hall–Kier alpha value is -1.89. The van der Waals surface area contributed by atoms with E-state index in [0.29, 0.717) is 24.5 Å². The quantitative estimate of drug-likeness (QED) is 0.819. The van der Waals surface area contributed by atoms with Gasteiger partial charge in [-0.2, -0.15) is 0 Å². The third-order valence-electron chi connectivity index (χ3n) is 4.75. The molecule has 1 aromatic carbocycles. The summed E-state index contributed by atoms with van der Waals surface area (Å²) in [4.78, 5) is 27.4. The molecule has 1 fully saturated rings. The lowest BCUT2D eigenvalue weighted by atomic mass is 9.89. The van der Waals surface area contributed by atoms with E-state index in [-0.39, 0.29) is 36.1 Å². The van der Waals surface area contributed by atoms with Gasteiger partial charge in [0, 0.05) is 19.0 Å². The van der Waals surface area contributed by atoms with Gasteiger partial charge in [0.15, 0.2) is 0 Å². The predicted molar refractivity (Wildman–Crippen MR) is 107 cm³/mol. The van der Waals surface area contributed by atoms with Gasteiger partial charge < -0.3 is 16.0 Å². The Bertz CT molecular complexity index is 724. The summed E-state index contributed by atoms with van der Waals surface area (Å²) in [6.45, 7) is 3.55. The molecule has 0 radical (unpaired) electrons. The smallest absolute Gasteiger partial charge is 0.261 e. The zero-order valence-corrected chi connectivity index (χ0v) is 16.3. The van der Waals surface area contributed by atoms with Gasteiger partial charge in [0.05, 0.1) is 4.88 Å². The van der Waals surface area contributed by atoms with Crippen molar-refractivity contribution in [2.75, 3.05) is 19.6 Å². The third-order valence-corrected chi connectivity index (χ3v) is 5.61. The van der Waals surface area contributed by atoms with Crippen molar-refractivity contribution in [3.8, 4) is 0 Å². The van der Waals surface area contributed by atoms with Crippen LogP contribution in [0.1, 0.15) is 28.1 Å². The fourth-order valence-corrected chi connectivity index (χ4v) is 4.01. The molecule has 2 heterocycles. The Labute approximate surface area is 164 Å². The number of nitrogens with two attached hydrogens (primary N) is 1. The van der Waals surface area contributed by atoms with Crippen LogP contribution in [-0.2, 0) is 4.79 Å². The summed E-state index contributed by atoms with van der Waals surface area (Å²) < 4.78 is 0. The van der Waals surface area contributed by atoms with Crippen LogP contribution in [0.2, 0.25) is 0 Å². The first kappa shape index (κ1) is 20.4. The van der Waals surface area contributed by atoms with Crippen molar-refractivity contribution < 1.29 is 9.59 Å². The molecule has 5 nitrogen and oxygen atoms in total. The van der Waals surface area contributed by atoms with Crippen LogP contribution in [0.4, 0.5) is 0 Å². The number of likely N-dealkylation sites (tertiary alicyclic amines) is 1. The maximum absolute atomic E-state index is 12.8. The summed E-state index contributed by atoms with van der Waals surface area (Å²) in [7, 11) is 0. The van der Waals surface area contributed by atoms with Gasteiger partial charge in [0.2, 0.25) is 5.91 Å². The molecule has 0 spiro atoms. The van der Waals surface area contributed by atoms with Crippen molar-refractivity contribution >= 4 is 35.6 Å². The highest BCUT2D eigenvalue weighted by atomic mass is 35.5. The van der Waals surface area contributed by atoms with E-state index >= 15 is 0 Å². The molecule has 26 heavy (non-hydrogen) atoms. The van der Waals surface area contributed by atoms with E-state index in [2.05, 4.69) is 17.4 Å². The molecule has 1 aromatic heterocycles. The van der Waals surface area contributed by atoms with Crippen LogP contribution in [0.5, 0.6) is 0 Å². The molecule has 1 saturated heterocycles. The van der Waals surface area contributed by atoms with E-state index in [0.717, 1.165) is 0 Å². The van der Waals surface area contributed by atoms with Crippen molar-refractivity contribution in [1.29, 1.82) is 0 Å². The minimum Gasteiger partial charge on any atom is -0.340 e. The lowest BCUT2D eigenvalue weighted by Gasteiger charge is -2.21. The molecule has 0 saturated carbocycles. The van der Waals surface area contributed by atoms with Gasteiger partial charge >= 0.3 is 0 Å². The zero-order chi connectivity index (χ0) is 17.8. The van der Waals surface area contributed by atoms with Gasteiger partial charge in [-0.05, 0) is 36.4 Å². The number of thiophene rings is 1. The molecule has 1 unspecified atom stereocenters. The molecule has 7 heteroatoms.